The highest BCUT2D eigenvalue weighted by Crippen LogP contribution is 2.43. The number of hydrogen-bond acceptors (Lipinski definition) is 6. The summed E-state index contributed by atoms with van der Waals surface area (Å²) in [5, 5.41) is 3.81. The van der Waals surface area contributed by atoms with Crippen molar-refractivity contribution >= 4 is 23.0 Å². The highest BCUT2D eigenvalue weighted by molar-refractivity contribution is 6.29. The predicted molar refractivity (Wildman–Crippen MR) is 140 cm³/mol. The molecule has 1 unspecified atom stereocenters. The zero-order valence-corrected chi connectivity index (χ0v) is 20.6. The monoisotopic (exact) mass is 518 g/mol. The van der Waals surface area contributed by atoms with E-state index in [4.69, 9.17) is 21.1 Å². The molecule has 1 atom stereocenters. The fourth-order valence-electron chi connectivity index (χ4n) is 4.87. The van der Waals surface area contributed by atoms with Crippen LogP contribution < -0.4 is 20.5 Å². The molecule has 37 heavy (non-hydrogen) atoms. The summed E-state index contributed by atoms with van der Waals surface area (Å²) >= 11 is 5.98. The highest BCUT2D eigenvalue weighted by Gasteiger charge is 2.30. The molecule has 2 aromatic heterocycles. The van der Waals surface area contributed by atoms with Crippen molar-refractivity contribution in [3.05, 3.63) is 111 Å². The number of ether oxygens (including phenoxy) is 2. The van der Waals surface area contributed by atoms with Crippen molar-refractivity contribution in [2.45, 2.75) is 19.1 Å². The van der Waals surface area contributed by atoms with Crippen LogP contribution in [0.15, 0.2) is 71.7 Å². The van der Waals surface area contributed by atoms with Crippen molar-refractivity contribution in [1.29, 1.82) is 0 Å². The second kappa shape index (κ2) is 9.88. The van der Waals surface area contributed by atoms with E-state index in [-0.39, 0.29) is 11.4 Å². The van der Waals surface area contributed by atoms with Gasteiger partial charge in [-0.1, -0.05) is 17.7 Å². The van der Waals surface area contributed by atoms with Crippen molar-refractivity contribution < 1.29 is 13.9 Å². The number of nitrogens with one attached hydrogen (secondary N) is 2. The van der Waals surface area contributed by atoms with Crippen LogP contribution in [0.2, 0.25) is 5.15 Å². The summed E-state index contributed by atoms with van der Waals surface area (Å²) in [6.07, 6.45) is 1.69. The summed E-state index contributed by atoms with van der Waals surface area (Å²) in [4.78, 5) is 21.3. The number of morpholine rings is 1. The number of benzene rings is 2. The van der Waals surface area contributed by atoms with Crippen molar-refractivity contribution in [1.82, 2.24) is 9.97 Å². The first-order valence-electron chi connectivity index (χ1n) is 12.1. The number of fused-ring (bicyclic) bond motifs is 2. The lowest BCUT2D eigenvalue weighted by molar-refractivity contribution is 0.0381. The van der Waals surface area contributed by atoms with Crippen LogP contribution in [0.5, 0.6) is 11.5 Å². The number of rotatable bonds is 5. The number of nitrogens with zero attached hydrogens (tertiary/aromatic N) is 2. The van der Waals surface area contributed by atoms with Crippen molar-refractivity contribution in [3.8, 4) is 11.5 Å². The SMILES string of the molecule is O=c1[nH]cccc1N1CCOC(c2cc(F)cc3c2Oc2ccc(NCc4cccc(Cl)n4)cc2C3)C1. The maximum atomic E-state index is 14.8. The van der Waals surface area contributed by atoms with E-state index in [1.165, 1.54) is 12.1 Å². The van der Waals surface area contributed by atoms with E-state index >= 15 is 0 Å². The van der Waals surface area contributed by atoms with Gasteiger partial charge in [-0.15, -0.1) is 0 Å². The average Bonchev–Trinajstić information content (AvgIpc) is 2.91. The largest absolute Gasteiger partial charge is 0.456 e. The van der Waals surface area contributed by atoms with Gasteiger partial charge in [-0.25, -0.2) is 9.37 Å². The molecular weight excluding hydrogens is 495 g/mol. The van der Waals surface area contributed by atoms with E-state index in [0.717, 1.165) is 28.3 Å². The molecule has 6 rings (SSSR count). The molecule has 2 aromatic carbocycles. The first-order valence-corrected chi connectivity index (χ1v) is 12.4. The molecule has 0 amide bonds. The van der Waals surface area contributed by atoms with Crippen LogP contribution in [0.25, 0.3) is 0 Å². The molecule has 1 saturated heterocycles. The van der Waals surface area contributed by atoms with Crippen molar-refractivity contribution in [3.63, 3.8) is 0 Å². The molecule has 188 valence electrons. The van der Waals surface area contributed by atoms with E-state index in [2.05, 4.69) is 15.3 Å². The summed E-state index contributed by atoms with van der Waals surface area (Å²) in [7, 11) is 0. The van der Waals surface area contributed by atoms with Gasteiger partial charge < -0.3 is 24.7 Å². The van der Waals surface area contributed by atoms with E-state index in [1.807, 2.05) is 35.2 Å². The summed E-state index contributed by atoms with van der Waals surface area (Å²) < 4.78 is 27.1. The molecule has 0 aliphatic carbocycles. The minimum absolute atomic E-state index is 0.162. The molecule has 7 nitrogen and oxygen atoms in total. The zero-order valence-electron chi connectivity index (χ0n) is 19.8. The molecule has 0 saturated carbocycles. The molecule has 0 bridgehead atoms. The van der Waals surface area contributed by atoms with Crippen LogP contribution >= 0.6 is 11.6 Å². The lowest BCUT2D eigenvalue weighted by Gasteiger charge is -2.35. The Hall–Kier alpha value is -3.88. The Bertz CT molecular complexity index is 1530. The number of hydrogen-bond donors (Lipinski definition) is 2. The normalized spacial score (nSPS) is 16.5. The van der Waals surface area contributed by atoms with Gasteiger partial charge in [0.1, 0.15) is 34.3 Å². The number of halogens is 2. The molecule has 1 fully saturated rings. The van der Waals surface area contributed by atoms with Gasteiger partial charge in [-0.3, -0.25) is 4.79 Å². The van der Waals surface area contributed by atoms with Gasteiger partial charge in [0.05, 0.1) is 18.8 Å². The van der Waals surface area contributed by atoms with Crippen LogP contribution in [0.4, 0.5) is 15.8 Å². The fourth-order valence-corrected chi connectivity index (χ4v) is 5.05. The Morgan fingerprint density at radius 3 is 2.92 bits per heavy atom. The smallest absolute Gasteiger partial charge is 0.271 e. The third-order valence-corrected chi connectivity index (χ3v) is 6.82. The standard InChI is InChI=1S/C28H24ClFN4O3/c29-26-5-1-3-21(33-26)15-32-20-6-7-24-17(13-20)11-18-12-19(30)14-22(27(18)37-24)25-16-34(9-10-36-25)23-4-2-8-31-28(23)35/h1-8,12-14,25,32H,9-11,15-16H2,(H,31,35). The minimum atomic E-state index is -0.439. The van der Waals surface area contributed by atoms with Gasteiger partial charge >= 0.3 is 0 Å². The van der Waals surface area contributed by atoms with Crippen LogP contribution in [0.3, 0.4) is 0 Å². The van der Waals surface area contributed by atoms with E-state index in [1.54, 1.807) is 24.4 Å². The number of anilines is 2. The van der Waals surface area contributed by atoms with Gasteiger partial charge in [-0.05, 0) is 54.6 Å². The topological polar surface area (TPSA) is 79.5 Å². The van der Waals surface area contributed by atoms with Gasteiger partial charge in [0.25, 0.3) is 5.56 Å². The number of H-pyrrole nitrogens is 1. The van der Waals surface area contributed by atoms with Gasteiger partial charge in [0, 0.05) is 48.1 Å². The quantitative estimate of drug-likeness (QED) is 0.301. The van der Waals surface area contributed by atoms with Crippen LogP contribution in [0, 0.1) is 5.82 Å². The molecule has 2 aliphatic heterocycles. The van der Waals surface area contributed by atoms with Gasteiger partial charge in [0.15, 0.2) is 0 Å². The number of pyridine rings is 2. The Morgan fingerprint density at radius 2 is 2.05 bits per heavy atom. The lowest BCUT2D eigenvalue weighted by atomic mass is 9.94. The molecule has 4 heterocycles. The van der Waals surface area contributed by atoms with E-state index < -0.39 is 6.10 Å². The first kappa shape index (κ1) is 23.5. The maximum absolute atomic E-state index is 14.8. The molecule has 2 N–H and O–H groups in total. The second-order valence-corrected chi connectivity index (χ2v) is 9.47. The third kappa shape index (κ3) is 4.90. The van der Waals surface area contributed by atoms with Gasteiger partial charge in [0.2, 0.25) is 0 Å². The minimum Gasteiger partial charge on any atom is -0.456 e. The highest BCUT2D eigenvalue weighted by atomic mass is 35.5. The first-order chi connectivity index (χ1) is 18.0. The molecule has 2 aliphatic rings. The number of aromatic amines is 1. The Balaban J connectivity index is 1.24. The van der Waals surface area contributed by atoms with E-state index in [9.17, 15) is 9.18 Å². The molecule has 0 radical (unpaired) electrons. The molecular formula is C28H24ClFN4O3. The summed E-state index contributed by atoms with van der Waals surface area (Å²) in [5.74, 6) is 0.992. The number of aromatic nitrogens is 2. The van der Waals surface area contributed by atoms with Crippen LogP contribution in [-0.4, -0.2) is 29.7 Å². The summed E-state index contributed by atoms with van der Waals surface area (Å²) in [6.45, 7) is 1.93. The fraction of sp³-hybridized carbons (Fsp3) is 0.214. The lowest BCUT2D eigenvalue weighted by Crippen LogP contribution is -2.41. The van der Waals surface area contributed by atoms with Crippen LogP contribution in [-0.2, 0) is 17.7 Å². The van der Waals surface area contributed by atoms with Gasteiger partial charge in [-0.2, -0.15) is 0 Å². The molecule has 0 spiro atoms. The van der Waals surface area contributed by atoms with Crippen LogP contribution in [0.1, 0.15) is 28.5 Å². The predicted octanol–water partition coefficient (Wildman–Crippen LogP) is 5.45. The maximum Gasteiger partial charge on any atom is 0.271 e. The molecule has 4 aromatic rings. The Labute approximate surface area is 217 Å². The molecule has 9 heteroatoms. The van der Waals surface area contributed by atoms with Crippen molar-refractivity contribution in [2.75, 3.05) is 29.9 Å². The van der Waals surface area contributed by atoms with E-state index in [0.29, 0.717) is 54.8 Å². The Kier molecular flexibility index (Phi) is 6.28. The average molecular weight is 519 g/mol. The zero-order chi connectivity index (χ0) is 25.4. The van der Waals surface area contributed by atoms with Crippen molar-refractivity contribution in [2.24, 2.45) is 0 Å². The summed E-state index contributed by atoms with van der Waals surface area (Å²) in [5.41, 5.74) is 4.50. The third-order valence-electron chi connectivity index (χ3n) is 6.61. The second-order valence-electron chi connectivity index (χ2n) is 9.08. The Morgan fingerprint density at radius 1 is 1.14 bits per heavy atom. The summed E-state index contributed by atoms with van der Waals surface area (Å²) in [6, 6.07) is 17.9.